The predicted octanol–water partition coefficient (Wildman–Crippen LogP) is 3.99. The van der Waals surface area contributed by atoms with Gasteiger partial charge >= 0.3 is 0 Å². The molecule has 0 aliphatic heterocycles. The van der Waals surface area contributed by atoms with Crippen LogP contribution in [0, 0.1) is 6.92 Å². The van der Waals surface area contributed by atoms with Crippen molar-refractivity contribution in [2.24, 2.45) is 0 Å². The maximum atomic E-state index is 12.3. The minimum atomic E-state index is -0.135. The molecule has 0 spiro atoms. The van der Waals surface area contributed by atoms with Crippen LogP contribution in [0.4, 0.5) is 0 Å². The Bertz CT molecular complexity index is 715. The standard InChI is InChI=1S/C21H27NO4/c1-4-24-19-11-10-17(15-20(19)25-5-2)21(23)22-12-7-13-26-18-9-6-8-16(3)14-18/h6,8-11,14-15H,4-5,7,12-13H2,1-3H3,(H,22,23). The Hall–Kier alpha value is -2.69. The summed E-state index contributed by atoms with van der Waals surface area (Å²) in [5.74, 6) is 1.95. The van der Waals surface area contributed by atoms with Crippen LogP contribution < -0.4 is 19.5 Å². The third-order valence-electron chi connectivity index (χ3n) is 3.67. The van der Waals surface area contributed by atoms with Gasteiger partial charge in [0, 0.05) is 12.1 Å². The van der Waals surface area contributed by atoms with Crippen molar-refractivity contribution in [3.8, 4) is 17.2 Å². The Morgan fingerprint density at radius 3 is 2.46 bits per heavy atom. The van der Waals surface area contributed by atoms with Crippen LogP contribution >= 0.6 is 0 Å². The highest BCUT2D eigenvalue weighted by atomic mass is 16.5. The SMILES string of the molecule is CCOc1ccc(C(=O)NCCCOc2cccc(C)c2)cc1OCC. The minimum absolute atomic E-state index is 0.135. The van der Waals surface area contributed by atoms with Crippen molar-refractivity contribution in [2.75, 3.05) is 26.4 Å². The van der Waals surface area contributed by atoms with E-state index >= 15 is 0 Å². The molecule has 0 aliphatic rings. The van der Waals surface area contributed by atoms with Crippen LogP contribution in [0.3, 0.4) is 0 Å². The molecule has 0 aliphatic carbocycles. The number of benzene rings is 2. The van der Waals surface area contributed by atoms with Crippen LogP contribution in [0.5, 0.6) is 17.2 Å². The zero-order chi connectivity index (χ0) is 18.8. The van der Waals surface area contributed by atoms with Crippen molar-refractivity contribution in [3.05, 3.63) is 53.6 Å². The van der Waals surface area contributed by atoms with Gasteiger partial charge in [0.1, 0.15) is 5.75 Å². The van der Waals surface area contributed by atoms with Crippen molar-refractivity contribution >= 4 is 5.91 Å². The Balaban J connectivity index is 1.80. The molecule has 0 fully saturated rings. The number of ether oxygens (including phenoxy) is 3. The van der Waals surface area contributed by atoms with Gasteiger partial charge in [-0.15, -0.1) is 0 Å². The summed E-state index contributed by atoms with van der Waals surface area (Å²) in [6, 6.07) is 13.1. The van der Waals surface area contributed by atoms with E-state index in [1.807, 2.05) is 45.0 Å². The van der Waals surface area contributed by atoms with E-state index in [4.69, 9.17) is 14.2 Å². The molecule has 5 nitrogen and oxygen atoms in total. The van der Waals surface area contributed by atoms with Gasteiger partial charge in [-0.2, -0.15) is 0 Å². The molecular weight excluding hydrogens is 330 g/mol. The van der Waals surface area contributed by atoms with E-state index in [0.29, 0.717) is 43.4 Å². The summed E-state index contributed by atoms with van der Waals surface area (Å²) in [5.41, 5.74) is 1.72. The minimum Gasteiger partial charge on any atom is -0.494 e. The molecule has 0 saturated carbocycles. The second-order valence-corrected chi connectivity index (χ2v) is 5.80. The van der Waals surface area contributed by atoms with E-state index in [9.17, 15) is 4.79 Å². The molecule has 140 valence electrons. The number of amides is 1. The summed E-state index contributed by atoms with van der Waals surface area (Å²) in [4.78, 5) is 12.3. The molecule has 5 heteroatoms. The summed E-state index contributed by atoms with van der Waals surface area (Å²) in [6.45, 7) is 8.00. The highest BCUT2D eigenvalue weighted by Crippen LogP contribution is 2.28. The van der Waals surface area contributed by atoms with Gasteiger partial charge in [-0.25, -0.2) is 0 Å². The highest BCUT2D eigenvalue weighted by molar-refractivity contribution is 5.94. The lowest BCUT2D eigenvalue weighted by Crippen LogP contribution is -2.25. The van der Waals surface area contributed by atoms with E-state index in [2.05, 4.69) is 5.32 Å². The zero-order valence-corrected chi connectivity index (χ0v) is 15.7. The van der Waals surface area contributed by atoms with Crippen molar-refractivity contribution in [1.29, 1.82) is 0 Å². The summed E-state index contributed by atoms with van der Waals surface area (Å²) >= 11 is 0. The average Bonchev–Trinajstić information content (AvgIpc) is 2.63. The molecule has 0 saturated heterocycles. The Morgan fingerprint density at radius 2 is 1.73 bits per heavy atom. The maximum Gasteiger partial charge on any atom is 0.251 e. The molecule has 2 aromatic carbocycles. The summed E-state index contributed by atoms with van der Waals surface area (Å²) in [6.07, 6.45) is 0.731. The van der Waals surface area contributed by atoms with E-state index in [-0.39, 0.29) is 5.91 Å². The molecule has 2 rings (SSSR count). The maximum absolute atomic E-state index is 12.3. The number of nitrogens with one attached hydrogen (secondary N) is 1. The van der Waals surface area contributed by atoms with Crippen molar-refractivity contribution < 1.29 is 19.0 Å². The quantitative estimate of drug-likeness (QED) is 0.653. The van der Waals surface area contributed by atoms with Crippen molar-refractivity contribution in [2.45, 2.75) is 27.2 Å². The van der Waals surface area contributed by atoms with Gasteiger partial charge in [0.2, 0.25) is 0 Å². The van der Waals surface area contributed by atoms with E-state index in [1.54, 1.807) is 18.2 Å². The van der Waals surface area contributed by atoms with Gasteiger partial charge in [-0.05, 0) is 63.1 Å². The fourth-order valence-corrected chi connectivity index (χ4v) is 2.46. The first-order valence-electron chi connectivity index (χ1n) is 9.01. The van der Waals surface area contributed by atoms with E-state index in [1.165, 1.54) is 0 Å². The van der Waals surface area contributed by atoms with Gasteiger partial charge in [0.25, 0.3) is 5.91 Å². The van der Waals surface area contributed by atoms with E-state index in [0.717, 1.165) is 17.7 Å². The first kappa shape index (κ1) is 19.6. The molecule has 1 N–H and O–H groups in total. The monoisotopic (exact) mass is 357 g/mol. The number of hydrogen-bond donors (Lipinski definition) is 1. The highest BCUT2D eigenvalue weighted by Gasteiger charge is 2.11. The third kappa shape index (κ3) is 5.99. The van der Waals surface area contributed by atoms with Gasteiger partial charge in [0.05, 0.1) is 19.8 Å². The predicted molar refractivity (Wildman–Crippen MR) is 102 cm³/mol. The molecule has 2 aromatic rings. The molecule has 0 heterocycles. The second-order valence-electron chi connectivity index (χ2n) is 5.80. The van der Waals surface area contributed by atoms with Crippen molar-refractivity contribution in [3.63, 3.8) is 0 Å². The van der Waals surface area contributed by atoms with Crippen LogP contribution in [-0.4, -0.2) is 32.3 Å². The lowest BCUT2D eigenvalue weighted by atomic mass is 10.2. The molecule has 0 aromatic heterocycles. The van der Waals surface area contributed by atoms with Crippen LogP contribution in [0.1, 0.15) is 36.2 Å². The van der Waals surface area contributed by atoms with Gasteiger partial charge < -0.3 is 19.5 Å². The molecule has 0 unspecified atom stereocenters. The Labute approximate surface area is 155 Å². The lowest BCUT2D eigenvalue weighted by Gasteiger charge is -2.12. The smallest absolute Gasteiger partial charge is 0.251 e. The number of carbonyl (C=O) groups excluding carboxylic acids is 1. The molecule has 0 bridgehead atoms. The summed E-state index contributed by atoms with van der Waals surface area (Å²) in [7, 11) is 0. The average molecular weight is 357 g/mol. The number of rotatable bonds is 10. The van der Waals surface area contributed by atoms with Gasteiger partial charge in [-0.1, -0.05) is 12.1 Å². The van der Waals surface area contributed by atoms with Crippen LogP contribution in [-0.2, 0) is 0 Å². The second kappa shape index (κ2) is 10.3. The molecule has 1 amide bonds. The fraction of sp³-hybridized carbons (Fsp3) is 0.381. The van der Waals surface area contributed by atoms with E-state index < -0.39 is 0 Å². The van der Waals surface area contributed by atoms with Crippen molar-refractivity contribution in [1.82, 2.24) is 5.32 Å². The first-order valence-corrected chi connectivity index (χ1v) is 9.01. The normalized spacial score (nSPS) is 10.3. The largest absolute Gasteiger partial charge is 0.494 e. The van der Waals surface area contributed by atoms with Gasteiger partial charge in [-0.3, -0.25) is 4.79 Å². The third-order valence-corrected chi connectivity index (χ3v) is 3.67. The molecule has 0 atom stereocenters. The number of hydrogen-bond acceptors (Lipinski definition) is 4. The number of carbonyl (C=O) groups is 1. The van der Waals surface area contributed by atoms with Crippen LogP contribution in [0.15, 0.2) is 42.5 Å². The molecule has 26 heavy (non-hydrogen) atoms. The fourth-order valence-electron chi connectivity index (χ4n) is 2.46. The van der Waals surface area contributed by atoms with Crippen LogP contribution in [0.2, 0.25) is 0 Å². The van der Waals surface area contributed by atoms with Gasteiger partial charge in [0.15, 0.2) is 11.5 Å². The molecule has 0 radical (unpaired) electrons. The lowest BCUT2D eigenvalue weighted by molar-refractivity contribution is 0.0951. The topological polar surface area (TPSA) is 56.8 Å². The Kier molecular flexibility index (Phi) is 7.80. The van der Waals surface area contributed by atoms with Crippen LogP contribution in [0.25, 0.3) is 0 Å². The Morgan fingerprint density at radius 1 is 0.962 bits per heavy atom. The summed E-state index contributed by atoms with van der Waals surface area (Å²) < 4.78 is 16.8. The summed E-state index contributed by atoms with van der Waals surface area (Å²) in [5, 5.41) is 2.90. The number of aryl methyl sites for hydroxylation is 1. The molecular formula is C21H27NO4. The zero-order valence-electron chi connectivity index (χ0n) is 15.7. The first-order chi connectivity index (χ1) is 12.6.